The first kappa shape index (κ1) is 15.2. The van der Waals surface area contributed by atoms with Crippen molar-refractivity contribution in [3.05, 3.63) is 29.8 Å². The van der Waals surface area contributed by atoms with Gasteiger partial charge >= 0.3 is 5.97 Å². The van der Waals surface area contributed by atoms with E-state index in [1.165, 1.54) is 0 Å². The molecule has 0 aliphatic heterocycles. The van der Waals surface area contributed by atoms with E-state index in [9.17, 15) is 14.7 Å². The van der Waals surface area contributed by atoms with Gasteiger partial charge in [-0.1, -0.05) is 26.0 Å². The highest BCUT2D eigenvalue weighted by atomic mass is 16.4. The van der Waals surface area contributed by atoms with Crippen molar-refractivity contribution in [2.24, 2.45) is 5.41 Å². The summed E-state index contributed by atoms with van der Waals surface area (Å²) in [4.78, 5) is 21.6. The number of amides is 1. The summed E-state index contributed by atoms with van der Waals surface area (Å²) >= 11 is 0. The van der Waals surface area contributed by atoms with Crippen LogP contribution in [0.3, 0.4) is 0 Å². The number of rotatable bonds is 6. The number of carbonyl (C=O) groups excluding carboxylic acids is 1. The van der Waals surface area contributed by atoms with Gasteiger partial charge in [-0.3, -0.25) is 9.59 Å². The highest BCUT2D eigenvalue weighted by molar-refractivity contribution is 5.74. The van der Waals surface area contributed by atoms with Crippen LogP contribution >= 0.6 is 0 Å². The molecule has 1 rings (SSSR count). The molecule has 0 bridgehead atoms. The third kappa shape index (κ3) is 3.81. The molecule has 0 saturated carbocycles. The fourth-order valence-electron chi connectivity index (χ4n) is 2.37. The number of carboxylic acid groups (broad SMARTS) is 1. The van der Waals surface area contributed by atoms with Gasteiger partial charge in [0.1, 0.15) is 0 Å². The van der Waals surface area contributed by atoms with Gasteiger partial charge in [-0.25, -0.2) is 0 Å². The number of nitrogens with one attached hydrogen (secondary N) is 1. The van der Waals surface area contributed by atoms with Crippen LogP contribution in [0.25, 0.3) is 0 Å². The maximum Gasteiger partial charge on any atom is 0.309 e. The van der Waals surface area contributed by atoms with E-state index >= 15 is 0 Å². The summed E-state index contributed by atoms with van der Waals surface area (Å²) in [6, 6.07) is 7.48. The topological polar surface area (TPSA) is 66.4 Å². The molecule has 1 aromatic rings. The Hall–Kier alpha value is -1.84. The second kappa shape index (κ2) is 5.43. The van der Waals surface area contributed by atoms with E-state index in [0.717, 1.165) is 11.3 Å². The lowest BCUT2D eigenvalue weighted by molar-refractivity contribution is -0.148. The van der Waals surface area contributed by atoms with Gasteiger partial charge in [-0.05, 0) is 43.4 Å². The molecular formula is C15H21NO3. The predicted octanol–water partition coefficient (Wildman–Crippen LogP) is 3.03. The smallest absolute Gasteiger partial charge is 0.309 e. The molecule has 0 aliphatic rings. The molecule has 1 aromatic carbocycles. The standard InChI is InChI=1S/C15H21NO3/c1-14(2,9-15(3,4)13(18)19)11-5-7-12(8-6-11)16-10-17/h5-8,10H,9H2,1-4H3,(H,16,17)(H,18,19). The van der Waals surface area contributed by atoms with Crippen LogP contribution in [-0.4, -0.2) is 17.5 Å². The Balaban J connectivity index is 2.93. The highest BCUT2D eigenvalue weighted by Crippen LogP contribution is 2.37. The lowest BCUT2D eigenvalue weighted by atomic mass is 9.71. The average molecular weight is 263 g/mol. The van der Waals surface area contributed by atoms with Crippen LogP contribution in [0.1, 0.15) is 39.7 Å². The first-order valence-corrected chi connectivity index (χ1v) is 6.23. The molecule has 2 N–H and O–H groups in total. The van der Waals surface area contributed by atoms with Crippen LogP contribution in [0.2, 0.25) is 0 Å². The molecule has 0 aliphatic carbocycles. The zero-order valence-electron chi connectivity index (χ0n) is 11.9. The van der Waals surface area contributed by atoms with E-state index in [1.54, 1.807) is 13.8 Å². The molecule has 0 spiro atoms. The number of anilines is 1. The van der Waals surface area contributed by atoms with Gasteiger partial charge in [0.15, 0.2) is 0 Å². The minimum atomic E-state index is -0.792. The summed E-state index contributed by atoms with van der Waals surface area (Å²) in [7, 11) is 0. The Labute approximate surface area is 113 Å². The number of carbonyl (C=O) groups is 2. The van der Waals surface area contributed by atoms with Gasteiger partial charge in [0, 0.05) is 5.69 Å². The van der Waals surface area contributed by atoms with Gasteiger partial charge in [-0.2, -0.15) is 0 Å². The summed E-state index contributed by atoms with van der Waals surface area (Å²) in [6.45, 7) is 7.53. The molecule has 0 heterocycles. The Morgan fingerprint density at radius 1 is 1.21 bits per heavy atom. The van der Waals surface area contributed by atoms with Gasteiger partial charge in [0.05, 0.1) is 5.41 Å². The third-order valence-electron chi connectivity index (χ3n) is 3.35. The fourth-order valence-corrected chi connectivity index (χ4v) is 2.37. The number of aliphatic carboxylic acids is 1. The molecule has 0 aromatic heterocycles. The van der Waals surface area contributed by atoms with E-state index in [2.05, 4.69) is 5.32 Å². The molecule has 0 saturated heterocycles. The zero-order valence-corrected chi connectivity index (χ0v) is 11.9. The predicted molar refractivity (Wildman–Crippen MR) is 75.2 cm³/mol. The van der Waals surface area contributed by atoms with Crippen molar-refractivity contribution < 1.29 is 14.7 Å². The van der Waals surface area contributed by atoms with Gasteiger partial charge in [0.2, 0.25) is 6.41 Å². The summed E-state index contributed by atoms with van der Waals surface area (Å²) in [5.74, 6) is -0.792. The van der Waals surface area contributed by atoms with Crippen molar-refractivity contribution in [2.75, 3.05) is 5.32 Å². The molecule has 4 nitrogen and oxygen atoms in total. The number of hydrogen-bond acceptors (Lipinski definition) is 2. The molecule has 0 unspecified atom stereocenters. The number of hydrogen-bond donors (Lipinski definition) is 2. The zero-order chi connectivity index (χ0) is 14.7. The number of benzene rings is 1. The van der Waals surface area contributed by atoms with E-state index < -0.39 is 11.4 Å². The second-order valence-electron chi connectivity index (χ2n) is 6.09. The quantitative estimate of drug-likeness (QED) is 0.775. The van der Waals surface area contributed by atoms with Crippen LogP contribution in [-0.2, 0) is 15.0 Å². The van der Waals surface area contributed by atoms with Crippen molar-refractivity contribution >= 4 is 18.1 Å². The highest BCUT2D eigenvalue weighted by Gasteiger charge is 2.35. The van der Waals surface area contributed by atoms with Gasteiger partial charge in [0.25, 0.3) is 0 Å². The van der Waals surface area contributed by atoms with Crippen LogP contribution in [0.15, 0.2) is 24.3 Å². The minimum absolute atomic E-state index is 0.248. The van der Waals surface area contributed by atoms with Crippen molar-refractivity contribution in [2.45, 2.75) is 39.5 Å². The molecule has 104 valence electrons. The first-order valence-electron chi connectivity index (χ1n) is 6.23. The Morgan fingerprint density at radius 3 is 2.16 bits per heavy atom. The Kier molecular flexibility index (Phi) is 4.35. The number of carboxylic acids is 1. The van der Waals surface area contributed by atoms with Crippen LogP contribution in [0, 0.1) is 5.41 Å². The van der Waals surface area contributed by atoms with E-state index in [4.69, 9.17) is 0 Å². The second-order valence-corrected chi connectivity index (χ2v) is 6.09. The van der Waals surface area contributed by atoms with Crippen molar-refractivity contribution in [1.29, 1.82) is 0 Å². The van der Waals surface area contributed by atoms with Gasteiger partial charge < -0.3 is 10.4 Å². The lowest BCUT2D eigenvalue weighted by Gasteiger charge is -2.32. The van der Waals surface area contributed by atoms with Gasteiger partial charge in [-0.15, -0.1) is 0 Å². The third-order valence-corrected chi connectivity index (χ3v) is 3.35. The van der Waals surface area contributed by atoms with Crippen LogP contribution in [0.5, 0.6) is 0 Å². The molecule has 4 heteroatoms. The molecule has 0 radical (unpaired) electrons. The maximum atomic E-state index is 11.2. The van der Waals surface area contributed by atoms with E-state index in [0.29, 0.717) is 12.8 Å². The monoisotopic (exact) mass is 263 g/mol. The molecule has 1 amide bonds. The normalized spacial score (nSPS) is 12.0. The summed E-state index contributed by atoms with van der Waals surface area (Å²) in [6.07, 6.45) is 1.17. The fraction of sp³-hybridized carbons (Fsp3) is 0.467. The lowest BCUT2D eigenvalue weighted by Crippen LogP contribution is -2.32. The summed E-state index contributed by atoms with van der Waals surface area (Å²) < 4.78 is 0. The molecule has 19 heavy (non-hydrogen) atoms. The SMILES string of the molecule is CC(C)(CC(C)(C)c1ccc(NC=O)cc1)C(=O)O. The Morgan fingerprint density at radius 2 is 1.74 bits per heavy atom. The van der Waals surface area contributed by atoms with Crippen molar-refractivity contribution in [3.8, 4) is 0 Å². The van der Waals surface area contributed by atoms with Crippen LogP contribution < -0.4 is 5.32 Å². The van der Waals surface area contributed by atoms with Crippen molar-refractivity contribution in [1.82, 2.24) is 0 Å². The summed E-state index contributed by atoms with van der Waals surface area (Å²) in [5, 5.41) is 11.8. The first-order chi connectivity index (χ1) is 8.69. The maximum absolute atomic E-state index is 11.2. The molecule has 0 fully saturated rings. The minimum Gasteiger partial charge on any atom is -0.481 e. The molecular weight excluding hydrogens is 242 g/mol. The Bertz CT molecular complexity index is 461. The van der Waals surface area contributed by atoms with Crippen LogP contribution in [0.4, 0.5) is 5.69 Å². The van der Waals surface area contributed by atoms with E-state index in [1.807, 2.05) is 38.1 Å². The summed E-state index contributed by atoms with van der Waals surface area (Å²) in [5.41, 5.74) is 0.760. The van der Waals surface area contributed by atoms with E-state index in [-0.39, 0.29) is 5.41 Å². The largest absolute Gasteiger partial charge is 0.481 e. The average Bonchev–Trinajstić information content (AvgIpc) is 2.28. The van der Waals surface area contributed by atoms with Crippen molar-refractivity contribution in [3.63, 3.8) is 0 Å². The molecule has 0 atom stereocenters.